The summed E-state index contributed by atoms with van der Waals surface area (Å²) in [5, 5.41) is 12.8. The largest absolute Gasteiger partial charge is 0.492 e. The number of hydrogen-bond acceptors (Lipinski definition) is 9. The molecule has 2 aliphatic heterocycles. The number of nitrogens with zero attached hydrogens (tertiary/aromatic N) is 3. The third-order valence-electron chi connectivity index (χ3n) is 6.07. The number of esters is 1. The van der Waals surface area contributed by atoms with E-state index in [1.165, 1.54) is 0 Å². The van der Waals surface area contributed by atoms with E-state index in [-0.39, 0.29) is 12.5 Å². The van der Waals surface area contributed by atoms with Crippen molar-refractivity contribution < 1.29 is 28.7 Å². The van der Waals surface area contributed by atoms with Crippen molar-refractivity contribution in [2.24, 2.45) is 5.92 Å². The molecule has 3 heterocycles. The number of carbonyl (C=O) groups excluding carboxylic acids is 2. The molecular formula is C23H29BN4O6. The Morgan fingerprint density at radius 3 is 2.76 bits per heavy atom. The summed E-state index contributed by atoms with van der Waals surface area (Å²) >= 11 is 0. The minimum absolute atomic E-state index is 0.0511. The van der Waals surface area contributed by atoms with Crippen LogP contribution < -0.4 is 15.7 Å². The first-order valence-electron chi connectivity index (χ1n) is 11.4. The van der Waals surface area contributed by atoms with Crippen LogP contribution in [-0.2, 0) is 32.1 Å². The van der Waals surface area contributed by atoms with E-state index >= 15 is 0 Å². The van der Waals surface area contributed by atoms with Crippen molar-refractivity contribution in [2.75, 3.05) is 31.2 Å². The Hall–Kier alpha value is -3.02. The van der Waals surface area contributed by atoms with Gasteiger partial charge >= 0.3 is 13.1 Å². The number of hydrogen-bond donors (Lipinski definition) is 2. The molecule has 2 aliphatic rings. The molecule has 1 saturated heterocycles. The first kappa shape index (κ1) is 24.1. The van der Waals surface area contributed by atoms with Crippen molar-refractivity contribution >= 4 is 30.3 Å². The highest BCUT2D eigenvalue weighted by Crippen LogP contribution is 2.17. The fourth-order valence-corrected chi connectivity index (χ4v) is 4.11. The maximum absolute atomic E-state index is 13.0. The van der Waals surface area contributed by atoms with Gasteiger partial charge in [-0.25, -0.2) is 9.78 Å². The quantitative estimate of drug-likeness (QED) is 0.437. The summed E-state index contributed by atoms with van der Waals surface area (Å²) in [5.41, 5.74) is 2.99. The lowest BCUT2D eigenvalue weighted by Gasteiger charge is -2.27. The lowest BCUT2D eigenvalue weighted by molar-refractivity contribution is -0.148. The van der Waals surface area contributed by atoms with Crippen molar-refractivity contribution in [3.8, 4) is 0 Å². The molecule has 1 aromatic heterocycles. The van der Waals surface area contributed by atoms with E-state index in [1.54, 1.807) is 31.5 Å². The maximum Gasteiger partial charge on any atom is 0.492 e. The number of ether oxygens (including phenoxy) is 2. The number of benzene rings is 1. The van der Waals surface area contributed by atoms with Gasteiger partial charge in [-0.15, -0.1) is 0 Å². The monoisotopic (exact) mass is 468 g/mol. The van der Waals surface area contributed by atoms with Gasteiger partial charge in [0.15, 0.2) is 0 Å². The molecule has 0 bridgehead atoms. The molecule has 34 heavy (non-hydrogen) atoms. The Morgan fingerprint density at radius 2 is 2.03 bits per heavy atom. The minimum Gasteiger partial charge on any atom is -0.458 e. The predicted molar refractivity (Wildman–Crippen MR) is 125 cm³/mol. The van der Waals surface area contributed by atoms with Gasteiger partial charge in [-0.2, -0.15) is 0 Å². The van der Waals surface area contributed by atoms with Gasteiger partial charge in [0, 0.05) is 18.7 Å². The van der Waals surface area contributed by atoms with Gasteiger partial charge in [0.1, 0.15) is 18.5 Å². The smallest absolute Gasteiger partial charge is 0.458 e. The molecule has 0 saturated carbocycles. The highest BCUT2D eigenvalue weighted by molar-refractivity contribution is 6.62. The first-order valence-corrected chi connectivity index (χ1v) is 11.4. The summed E-state index contributed by atoms with van der Waals surface area (Å²) in [5.74, 6) is -0.456. The molecule has 180 valence electrons. The molecule has 0 radical (unpaired) electrons. The Balaban J connectivity index is 1.41. The second-order valence-corrected chi connectivity index (χ2v) is 8.75. The molecule has 1 aromatic carbocycles. The Bertz CT molecular complexity index is 1060. The number of amides is 1. The highest BCUT2D eigenvalue weighted by atomic mass is 16.5. The predicted octanol–water partition coefficient (Wildman–Crippen LogP) is 0.337. The summed E-state index contributed by atoms with van der Waals surface area (Å²) in [7, 11) is -1.05. The van der Waals surface area contributed by atoms with Gasteiger partial charge < -0.3 is 29.4 Å². The van der Waals surface area contributed by atoms with Crippen molar-refractivity contribution in [2.45, 2.75) is 40.0 Å². The number of carbonyl (C=O) groups is 2. The van der Waals surface area contributed by atoms with Crippen LogP contribution in [0.4, 0.5) is 5.82 Å². The SMILES string of the molecule is Cc1c(C(=O)N[C@H](C(=O)OCc2cncc(N3CCOCC3)n2)C(C)C)ccc2c1B(O)OC2. The van der Waals surface area contributed by atoms with E-state index in [9.17, 15) is 14.6 Å². The molecule has 1 amide bonds. The molecule has 1 atom stereocenters. The maximum atomic E-state index is 13.0. The summed E-state index contributed by atoms with van der Waals surface area (Å²) in [4.78, 5) is 36.7. The molecule has 0 aliphatic carbocycles. The number of morpholine rings is 1. The van der Waals surface area contributed by atoms with E-state index in [0.717, 1.165) is 18.7 Å². The lowest BCUT2D eigenvalue weighted by atomic mass is 9.75. The number of fused-ring (bicyclic) bond motifs is 1. The van der Waals surface area contributed by atoms with Crippen LogP contribution in [0.25, 0.3) is 0 Å². The van der Waals surface area contributed by atoms with Crippen LogP contribution in [0.1, 0.15) is 41.0 Å². The van der Waals surface area contributed by atoms with E-state index in [0.29, 0.717) is 47.9 Å². The molecule has 4 rings (SSSR count). The second kappa shape index (κ2) is 10.5. The Labute approximate surface area is 198 Å². The number of anilines is 1. The summed E-state index contributed by atoms with van der Waals surface area (Å²) < 4.78 is 16.1. The van der Waals surface area contributed by atoms with Crippen LogP contribution in [0.5, 0.6) is 0 Å². The van der Waals surface area contributed by atoms with Crippen LogP contribution in [0.3, 0.4) is 0 Å². The van der Waals surface area contributed by atoms with Gasteiger partial charge in [-0.3, -0.25) is 9.78 Å². The fourth-order valence-electron chi connectivity index (χ4n) is 4.11. The number of aromatic nitrogens is 2. The Morgan fingerprint density at radius 1 is 1.26 bits per heavy atom. The molecule has 0 unspecified atom stereocenters. The van der Waals surface area contributed by atoms with E-state index < -0.39 is 25.0 Å². The van der Waals surface area contributed by atoms with Gasteiger partial charge in [0.25, 0.3) is 5.91 Å². The van der Waals surface area contributed by atoms with Gasteiger partial charge in [0.2, 0.25) is 0 Å². The van der Waals surface area contributed by atoms with Crippen LogP contribution >= 0.6 is 0 Å². The van der Waals surface area contributed by atoms with Gasteiger partial charge in [-0.05, 0) is 35.5 Å². The van der Waals surface area contributed by atoms with Crippen LogP contribution in [0, 0.1) is 12.8 Å². The number of nitrogens with one attached hydrogen (secondary N) is 1. The molecule has 0 spiro atoms. The molecular weight excluding hydrogens is 439 g/mol. The van der Waals surface area contributed by atoms with Crippen molar-refractivity contribution in [3.63, 3.8) is 0 Å². The molecule has 11 heteroatoms. The van der Waals surface area contributed by atoms with Gasteiger partial charge in [-0.1, -0.05) is 19.9 Å². The first-order chi connectivity index (χ1) is 16.3. The number of rotatable bonds is 7. The van der Waals surface area contributed by atoms with E-state index in [4.69, 9.17) is 14.1 Å². The summed E-state index contributed by atoms with van der Waals surface area (Å²) in [6.45, 7) is 8.39. The van der Waals surface area contributed by atoms with Crippen molar-refractivity contribution in [1.82, 2.24) is 15.3 Å². The van der Waals surface area contributed by atoms with Crippen LogP contribution in [-0.4, -0.2) is 66.3 Å². The zero-order chi connectivity index (χ0) is 24.2. The molecule has 2 aromatic rings. The zero-order valence-corrected chi connectivity index (χ0v) is 19.6. The molecule has 10 nitrogen and oxygen atoms in total. The average Bonchev–Trinajstić information content (AvgIpc) is 3.23. The average molecular weight is 468 g/mol. The summed E-state index contributed by atoms with van der Waals surface area (Å²) in [6.07, 6.45) is 3.23. The van der Waals surface area contributed by atoms with Crippen molar-refractivity contribution in [1.29, 1.82) is 0 Å². The van der Waals surface area contributed by atoms with Crippen LogP contribution in [0.2, 0.25) is 0 Å². The van der Waals surface area contributed by atoms with Gasteiger partial charge in [0.05, 0.1) is 37.9 Å². The normalized spacial score (nSPS) is 16.4. The van der Waals surface area contributed by atoms with Crippen molar-refractivity contribution in [3.05, 3.63) is 46.9 Å². The standard InChI is InChI=1S/C23H29BN4O6/c1-14(2)21(27-22(29)18-5-4-16-12-34-24(31)20(16)15(18)3)23(30)33-13-17-10-25-11-19(26-17)28-6-8-32-9-7-28/h4-5,10-11,14,21,31H,6-9,12-13H2,1-3H3,(H,27,29)/t21-/m0/s1. The molecule has 2 N–H and O–H groups in total. The summed E-state index contributed by atoms with van der Waals surface area (Å²) in [6, 6.07) is 2.59. The Kier molecular flexibility index (Phi) is 7.45. The zero-order valence-electron chi connectivity index (χ0n) is 19.6. The minimum atomic E-state index is -1.05. The van der Waals surface area contributed by atoms with E-state index in [2.05, 4.69) is 20.2 Å². The lowest BCUT2D eigenvalue weighted by Crippen LogP contribution is -2.46. The fraction of sp³-hybridized carbons (Fsp3) is 0.478. The molecule has 1 fully saturated rings. The topological polar surface area (TPSA) is 123 Å². The third-order valence-corrected chi connectivity index (χ3v) is 6.07. The van der Waals surface area contributed by atoms with E-state index in [1.807, 2.05) is 13.8 Å². The highest BCUT2D eigenvalue weighted by Gasteiger charge is 2.32. The second-order valence-electron chi connectivity index (χ2n) is 8.75. The third kappa shape index (κ3) is 5.21. The van der Waals surface area contributed by atoms with Crippen LogP contribution in [0.15, 0.2) is 24.5 Å².